The third-order valence-electron chi connectivity index (χ3n) is 5.27. The number of nitrogens with zero attached hydrogens (tertiary/aromatic N) is 2. The number of pyridine rings is 2. The van der Waals surface area contributed by atoms with Crippen LogP contribution in [0.15, 0.2) is 48.8 Å². The van der Waals surface area contributed by atoms with Crippen LogP contribution in [0.3, 0.4) is 0 Å². The molecule has 0 aliphatic heterocycles. The van der Waals surface area contributed by atoms with Crippen LogP contribution in [0, 0.1) is 5.92 Å². The lowest BCUT2D eigenvalue weighted by molar-refractivity contribution is 0.0936. The molecule has 0 aliphatic carbocycles. The first-order valence-electron chi connectivity index (χ1n) is 11.0. The maximum absolute atomic E-state index is 12.3. The molecule has 0 saturated carbocycles. The maximum Gasteiger partial charge on any atom is 0.252 e. The average molecular weight is 586 g/mol. The van der Waals surface area contributed by atoms with E-state index in [1.807, 2.05) is 6.92 Å². The number of rotatable bonds is 5. The smallest absolute Gasteiger partial charge is 0.252 e. The van der Waals surface area contributed by atoms with Crippen LogP contribution in [0.25, 0.3) is 21.5 Å². The van der Waals surface area contributed by atoms with Gasteiger partial charge in [0, 0.05) is 51.1 Å². The van der Waals surface area contributed by atoms with Gasteiger partial charge < -0.3 is 5.32 Å². The first kappa shape index (κ1) is 28.4. The van der Waals surface area contributed by atoms with Gasteiger partial charge in [-0.15, -0.1) is 0 Å². The summed E-state index contributed by atoms with van der Waals surface area (Å²) in [7, 11) is 0. The Bertz CT molecular complexity index is 1440. The number of nitrogens with one attached hydrogen (secondary N) is 1. The van der Waals surface area contributed by atoms with Crippen LogP contribution in [-0.2, 0) is 0 Å². The Morgan fingerprint density at radius 1 is 0.778 bits per heavy atom. The fourth-order valence-electron chi connectivity index (χ4n) is 3.69. The van der Waals surface area contributed by atoms with E-state index in [4.69, 9.17) is 58.0 Å². The fraction of sp³-hybridized carbons (Fsp3) is 0.231. The van der Waals surface area contributed by atoms with Crippen LogP contribution in [0.5, 0.6) is 0 Å². The minimum atomic E-state index is -0.534. The molecule has 10 heteroatoms. The quantitative estimate of drug-likeness (QED) is 0.188. The summed E-state index contributed by atoms with van der Waals surface area (Å²) in [6.45, 7) is 6.27. The summed E-state index contributed by atoms with van der Waals surface area (Å²) < 4.78 is 0. The number of amides is 1. The third-order valence-corrected chi connectivity index (χ3v) is 6.70. The van der Waals surface area contributed by atoms with Gasteiger partial charge in [0.25, 0.3) is 11.1 Å². The minimum absolute atomic E-state index is 0.110. The number of halogens is 5. The Kier molecular flexibility index (Phi) is 9.79. The monoisotopic (exact) mass is 583 g/mol. The van der Waals surface area contributed by atoms with Crippen LogP contribution < -0.4 is 5.32 Å². The molecule has 0 radical (unpaired) electrons. The van der Waals surface area contributed by atoms with Crippen LogP contribution in [0.1, 0.15) is 47.9 Å². The summed E-state index contributed by atoms with van der Waals surface area (Å²) in [5, 5.41) is 6.97. The predicted molar refractivity (Wildman–Crippen MR) is 150 cm³/mol. The van der Waals surface area contributed by atoms with E-state index in [1.165, 1.54) is 12.4 Å². The Morgan fingerprint density at radius 3 is 1.72 bits per heavy atom. The predicted octanol–water partition coefficient (Wildman–Crippen LogP) is 8.63. The molecule has 0 saturated heterocycles. The molecule has 0 aliphatic rings. The summed E-state index contributed by atoms with van der Waals surface area (Å²) in [5.41, 5.74) is 0.930. The molecule has 5 nitrogen and oxygen atoms in total. The summed E-state index contributed by atoms with van der Waals surface area (Å²) >= 11 is 29.3. The molecule has 188 valence electrons. The van der Waals surface area contributed by atoms with E-state index in [-0.39, 0.29) is 11.9 Å². The number of fused-ring (bicyclic) bond motifs is 2. The van der Waals surface area contributed by atoms with Crippen LogP contribution in [0.4, 0.5) is 0 Å². The van der Waals surface area contributed by atoms with E-state index in [9.17, 15) is 9.59 Å². The highest BCUT2D eigenvalue weighted by Crippen LogP contribution is 2.29. The fourth-order valence-corrected chi connectivity index (χ4v) is 4.64. The molecule has 4 aromatic rings. The number of carbonyl (C=O) groups is 2. The molecule has 2 aromatic carbocycles. The van der Waals surface area contributed by atoms with Crippen molar-refractivity contribution in [1.29, 1.82) is 0 Å². The highest BCUT2D eigenvalue weighted by Gasteiger charge is 2.13. The molecular weight excluding hydrogens is 564 g/mol. The van der Waals surface area contributed by atoms with Gasteiger partial charge in [-0.2, -0.15) is 0 Å². The van der Waals surface area contributed by atoms with Gasteiger partial charge in [0.05, 0.1) is 10.0 Å². The molecule has 1 amide bonds. The SMILES string of the molecule is CC(C)CC(C)NC(=O)c1ccc2c(Cl)cnc(Cl)c2c1.O=C(Cl)c1ccc2c(Cl)cnc(Cl)c2c1. The molecule has 1 unspecified atom stereocenters. The second kappa shape index (κ2) is 12.4. The second-order valence-corrected chi connectivity index (χ2v) is 10.5. The standard InChI is InChI=1S/C16H18Cl2N2O.C10H4Cl3NO/c1-9(2)6-10(3)20-16(21)11-4-5-12-13(7-11)15(18)19-8-14(12)17;11-8-4-14-9(12)7-3-5(10(13)15)1-2-6(7)8/h4-5,7-10H,6H2,1-3H3,(H,20,21);1-4H. The second-order valence-electron chi connectivity index (χ2n) is 8.59. The van der Waals surface area contributed by atoms with Gasteiger partial charge in [0.15, 0.2) is 0 Å². The zero-order valence-corrected chi connectivity index (χ0v) is 23.4. The highest BCUT2D eigenvalue weighted by atomic mass is 35.5. The van der Waals surface area contributed by atoms with E-state index in [0.29, 0.717) is 48.2 Å². The first-order valence-corrected chi connectivity index (χ1v) is 12.8. The molecule has 2 aromatic heterocycles. The summed E-state index contributed by atoms with van der Waals surface area (Å²) in [5.74, 6) is 0.426. The van der Waals surface area contributed by atoms with Crippen LogP contribution in [-0.4, -0.2) is 27.2 Å². The zero-order chi connectivity index (χ0) is 26.6. The molecule has 4 rings (SSSR count). The molecule has 0 fully saturated rings. The topological polar surface area (TPSA) is 72.0 Å². The highest BCUT2D eigenvalue weighted by molar-refractivity contribution is 6.67. The van der Waals surface area contributed by atoms with Crippen molar-refractivity contribution in [2.24, 2.45) is 5.92 Å². The Labute approximate surface area is 234 Å². The van der Waals surface area contributed by atoms with Gasteiger partial charge in [0.2, 0.25) is 0 Å². The van der Waals surface area contributed by atoms with Crippen molar-refractivity contribution in [3.63, 3.8) is 0 Å². The van der Waals surface area contributed by atoms with Crippen molar-refractivity contribution >= 4 is 90.7 Å². The van der Waals surface area contributed by atoms with Crippen molar-refractivity contribution in [3.8, 4) is 0 Å². The van der Waals surface area contributed by atoms with E-state index in [1.54, 1.807) is 36.4 Å². The normalized spacial score (nSPS) is 11.8. The van der Waals surface area contributed by atoms with E-state index >= 15 is 0 Å². The van der Waals surface area contributed by atoms with Crippen LogP contribution in [0.2, 0.25) is 20.4 Å². The molecule has 1 atom stereocenters. The van der Waals surface area contributed by atoms with Gasteiger partial charge in [0.1, 0.15) is 10.3 Å². The third kappa shape index (κ3) is 6.99. The first-order chi connectivity index (χ1) is 17.0. The molecule has 36 heavy (non-hydrogen) atoms. The van der Waals surface area contributed by atoms with Gasteiger partial charge in [-0.25, -0.2) is 9.97 Å². The maximum atomic E-state index is 12.3. The van der Waals surface area contributed by atoms with Gasteiger partial charge in [-0.05, 0) is 55.1 Å². The van der Waals surface area contributed by atoms with E-state index in [2.05, 4.69) is 29.1 Å². The average Bonchev–Trinajstić information content (AvgIpc) is 2.83. The molecule has 0 spiro atoms. The van der Waals surface area contributed by atoms with Crippen molar-refractivity contribution in [2.75, 3.05) is 0 Å². The number of carbonyl (C=O) groups excluding carboxylic acids is 2. The van der Waals surface area contributed by atoms with Crippen LogP contribution >= 0.6 is 58.0 Å². The summed E-state index contributed by atoms with van der Waals surface area (Å²) in [6.07, 6.45) is 3.92. The number of aromatic nitrogens is 2. The van der Waals surface area contributed by atoms with Gasteiger partial charge >= 0.3 is 0 Å². The Morgan fingerprint density at radius 2 is 1.25 bits per heavy atom. The van der Waals surface area contributed by atoms with Crippen molar-refractivity contribution in [1.82, 2.24) is 15.3 Å². The Hall–Kier alpha value is -2.15. The van der Waals surface area contributed by atoms with E-state index < -0.39 is 5.24 Å². The zero-order valence-electron chi connectivity index (χ0n) is 19.6. The number of hydrogen-bond donors (Lipinski definition) is 1. The summed E-state index contributed by atoms with van der Waals surface area (Å²) in [6, 6.07) is 10.3. The van der Waals surface area contributed by atoms with Crippen molar-refractivity contribution in [2.45, 2.75) is 33.2 Å². The minimum Gasteiger partial charge on any atom is -0.350 e. The number of benzene rings is 2. The number of hydrogen-bond acceptors (Lipinski definition) is 4. The van der Waals surface area contributed by atoms with Crippen molar-refractivity contribution in [3.05, 3.63) is 80.3 Å². The van der Waals surface area contributed by atoms with E-state index in [0.717, 1.165) is 17.2 Å². The van der Waals surface area contributed by atoms with Gasteiger partial charge in [-0.3, -0.25) is 9.59 Å². The molecule has 1 N–H and O–H groups in total. The lowest BCUT2D eigenvalue weighted by Gasteiger charge is -2.16. The van der Waals surface area contributed by atoms with Gasteiger partial charge in [-0.1, -0.05) is 72.4 Å². The molecule has 2 heterocycles. The van der Waals surface area contributed by atoms with Crippen molar-refractivity contribution < 1.29 is 9.59 Å². The molecular formula is C26H22Cl5N3O2. The summed E-state index contributed by atoms with van der Waals surface area (Å²) in [4.78, 5) is 31.1. The molecule has 0 bridgehead atoms. The lowest BCUT2D eigenvalue weighted by Crippen LogP contribution is -2.33. The largest absolute Gasteiger partial charge is 0.350 e. The lowest BCUT2D eigenvalue weighted by atomic mass is 10.0. The Balaban J connectivity index is 0.000000212.